The van der Waals surface area contributed by atoms with Gasteiger partial charge in [-0.05, 0) is 43.5 Å². The maximum atomic E-state index is 12.6. The van der Waals surface area contributed by atoms with Gasteiger partial charge in [-0.25, -0.2) is 4.79 Å². The van der Waals surface area contributed by atoms with Gasteiger partial charge in [-0.1, -0.05) is 43.7 Å². The van der Waals surface area contributed by atoms with Crippen molar-refractivity contribution in [3.8, 4) is 5.75 Å². The molecule has 0 fully saturated rings. The first-order valence-electron chi connectivity index (χ1n) is 8.84. The van der Waals surface area contributed by atoms with Crippen LogP contribution in [0.25, 0.3) is 11.0 Å². The second kappa shape index (κ2) is 7.56. The van der Waals surface area contributed by atoms with Gasteiger partial charge in [0.25, 0.3) is 0 Å². The highest BCUT2D eigenvalue weighted by atomic mass is 16.5. The molecule has 2 aromatic carbocycles. The fraction of sp³-hybridized carbons (Fsp3) is 0.318. The number of hydrogen-bond acceptors (Lipinski definition) is 3. The Balaban J connectivity index is 2.02. The SMILES string of the molecule is CCCCOc1ccc2c(C)c(Cc3ccccc3)c(=O)oc2c1C. The van der Waals surface area contributed by atoms with Gasteiger partial charge in [-0.15, -0.1) is 0 Å². The van der Waals surface area contributed by atoms with Crippen molar-refractivity contribution in [1.82, 2.24) is 0 Å². The lowest BCUT2D eigenvalue weighted by Crippen LogP contribution is -2.11. The van der Waals surface area contributed by atoms with Crippen LogP contribution in [0.3, 0.4) is 0 Å². The van der Waals surface area contributed by atoms with E-state index in [1.54, 1.807) is 0 Å². The monoisotopic (exact) mass is 336 g/mol. The topological polar surface area (TPSA) is 39.4 Å². The molecule has 0 unspecified atom stereocenters. The van der Waals surface area contributed by atoms with E-state index < -0.39 is 0 Å². The van der Waals surface area contributed by atoms with E-state index in [-0.39, 0.29) is 5.63 Å². The summed E-state index contributed by atoms with van der Waals surface area (Å²) in [4.78, 5) is 12.6. The molecule has 0 saturated heterocycles. The number of unbranched alkanes of at least 4 members (excludes halogenated alkanes) is 1. The van der Waals surface area contributed by atoms with Gasteiger partial charge in [0.05, 0.1) is 6.61 Å². The van der Waals surface area contributed by atoms with Crippen molar-refractivity contribution < 1.29 is 9.15 Å². The Morgan fingerprint density at radius 3 is 2.48 bits per heavy atom. The van der Waals surface area contributed by atoms with E-state index in [4.69, 9.17) is 9.15 Å². The van der Waals surface area contributed by atoms with Gasteiger partial charge in [0.15, 0.2) is 0 Å². The zero-order valence-electron chi connectivity index (χ0n) is 15.1. The number of benzene rings is 2. The quantitative estimate of drug-likeness (QED) is 0.460. The van der Waals surface area contributed by atoms with Gasteiger partial charge in [0, 0.05) is 22.9 Å². The second-order valence-corrected chi connectivity index (χ2v) is 6.42. The number of fused-ring (bicyclic) bond motifs is 1. The fourth-order valence-electron chi connectivity index (χ4n) is 3.06. The summed E-state index contributed by atoms with van der Waals surface area (Å²) >= 11 is 0. The summed E-state index contributed by atoms with van der Waals surface area (Å²) in [6.07, 6.45) is 2.68. The third-order valence-electron chi connectivity index (χ3n) is 4.63. The molecule has 0 aliphatic carbocycles. The molecule has 0 N–H and O–H groups in total. The molecule has 0 radical (unpaired) electrons. The van der Waals surface area contributed by atoms with Gasteiger partial charge < -0.3 is 9.15 Å². The van der Waals surface area contributed by atoms with Gasteiger partial charge in [-0.3, -0.25) is 0 Å². The summed E-state index contributed by atoms with van der Waals surface area (Å²) in [6, 6.07) is 14.0. The third kappa shape index (κ3) is 3.60. The molecule has 0 amide bonds. The van der Waals surface area contributed by atoms with E-state index in [2.05, 4.69) is 6.92 Å². The molecule has 0 aliphatic heterocycles. The second-order valence-electron chi connectivity index (χ2n) is 6.42. The van der Waals surface area contributed by atoms with Crippen LogP contribution in [0.5, 0.6) is 5.75 Å². The maximum Gasteiger partial charge on any atom is 0.340 e. The van der Waals surface area contributed by atoms with E-state index in [1.807, 2.05) is 56.3 Å². The maximum absolute atomic E-state index is 12.6. The summed E-state index contributed by atoms with van der Waals surface area (Å²) < 4.78 is 11.5. The molecule has 3 aromatic rings. The lowest BCUT2D eigenvalue weighted by molar-refractivity contribution is 0.307. The molecule has 3 rings (SSSR count). The van der Waals surface area contributed by atoms with Crippen LogP contribution < -0.4 is 10.4 Å². The van der Waals surface area contributed by atoms with Crippen LogP contribution in [0.2, 0.25) is 0 Å². The lowest BCUT2D eigenvalue weighted by atomic mass is 9.98. The van der Waals surface area contributed by atoms with Crippen molar-refractivity contribution in [1.29, 1.82) is 0 Å². The number of hydrogen-bond donors (Lipinski definition) is 0. The highest BCUT2D eigenvalue weighted by Crippen LogP contribution is 2.30. The summed E-state index contributed by atoms with van der Waals surface area (Å²) in [6.45, 7) is 6.75. The van der Waals surface area contributed by atoms with E-state index in [0.29, 0.717) is 18.6 Å². The smallest absolute Gasteiger partial charge is 0.340 e. The lowest BCUT2D eigenvalue weighted by Gasteiger charge is -2.13. The minimum absolute atomic E-state index is 0.261. The van der Waals surface area contributed by atoms with Gasteiger partial charge in [0.2, 0.25) is 0 Å². The highest BCUT2D eigenvalue weighted by Gasteiger charge is 2.15. The normalized spacial score (nSPS) is 11.0. The summed E-state index contributed by atoms with van der Waals surface area (Å²) in [7, 11) is 0. The zero-order valence-corrected chi connectivity index (χ0v) is 15.1. The first-order chi connectivity index (χ1) is 12.1. The van der Waals surface area contributed by atoms with Crippen LogP contribution in [0.4, 0.5) is 0 Å². The van der Waals surface area contributed by atoms with Crippen LogP contribution in [-0.4, -0.2) is 6.61 Å². The van der Waals surface area contributed by atoms with Gasteiger partial charge in [0.1, 0.15) is 11.3 Å². The average Bonchev–Trinajstić information content (AvgIpc) is 2.62. The molecule has 0 atom stereocenters. The molecule has 0 aliphatic rings. The zero-order chi connectivity index (χ0) is 17.8. The summed E-state index contributed by atoms with van der Waals surface area (Å²) in [5.41, 5.74) is 4.07. The van der Waals surface area contributed by atoms with E-state index in [1.165, 1.54) is 0 Å². The van der Waals surface area contributed by atoms with Crippen molar-refractivity contribution in [2.75, 3.05) is 6.61 Å². The van der Waals surface area contributed by atoms with Crippen molar-refractivity contribution in [2.24, 2.45) is 0 Å². The average molecular weight is 336 g/mol. The molecule has 0 saturated carbocycles. The van der Waals surface area contributed by atoms with Crippen LogP contribution >= 0.6 is 0 Å². The van der Waals surface area contributed by atoms with Crippen molar-refractivity contribution in [3.63, 3.8) is 0 Å². The highest BCUT2D eigenvalue weighted by molar-refractivity contribution is 5.85. The Bertz CT molecular complexity index is 923. The molecule has 25 heavy (non-hydrogen) atoms. The van der Waals surface area contributed by atoms with E-state index in [9.17, 15) is 4.79 Å². The summed E-state index contributed by atoms with van der Waals surface area (Å²) in [5.74, 6) is 0.791. The number of ether oxygens (including phenoxy) is 1. The van der Waals surface area contributed by atoms with Gasteiger partial charge in [-0.2, -0.15) is 0 Å². The van der Waals surface area contributed by atoms with Crippen LogP contribution in [-0.2, 0) is 6.42 Å². The van der Waals surface area contributed by atoms with Crippen LogP contribution in [0.1, 0.15) is 42.0 Å². The molecular weight excluding hydrogens is 312 g/mol. The van der Waals surface area contributed by atoms with E-state index in [0.717, 1.165) is 46.2 Å². The summed E-state index contributed by atoms with van der Waals surface area (Å²) in [5, 5.41) is 0.978. The van der Waals surface area contributed by atoms with Crippen molar-refractivity contribution in [3.05, 3.63) is 75.1 Å². The Kier molecular flexibility index (Phi) is 5.22. The molecule has 130 valence electrons. The Morgan fingerprint density at radius 1 is 1.00 bits per heavy atom. The van der Waals surface area contributed by atoms with Crippen LogP contribution in [0, 0.1) is 13.8 Å². The fourth-order valence-corrected chi connectivity index (χ4v) is 3.06. The molecule has 1 heterocycles. The molecular formula is C22H24O3. The number of aryl methyl sites for hydroxylation is 2. The molecule has 0 bridgehead atoms. The third-order valence-corrected chi connectivity index (χ3v) is 4.63. The molecule has 3 nitrogen and oxygen atoms in total. The Morgan fingerprint density at radius 2 is 1.76 bits per heavy atom. The van der Waals surface area contributed by atoms with Gasteiger partial charge >= 0.3 is 5.63 Å². The minimum atomic E-state index is -0.261. The first-order valence-corrected chi connectivity index (χ1v) is 8.84. The predicted molar refractivity (Wildman–Crippen MR) is 102 cm³/mol. The van der Waals surface area contributed by atoms with Crippen molar-refractivity contribution >= 4 is 11.0 Å². The van der Waals surface area contributed by atoms with Crippen LogP contribution in [0.15, 0.2) is 51.7 Å². The Labute approximate surface area is 148 Å². The molecule has 3 heteroatoms. The van der Waals surface area contributed by atoms with Crippen molar-refractivity contribution in [2.45, 2.75) is 40.0 Å². The predicted octanol–water partition coefficient (Wildman–Crippen LogP) is 5.18. The Hall–Kier alpha value is -2.55. The largest absolute Gasteiger partial charge is 0.493 e. The molecule has 1 aromatic heterocycles. The first kappa shape index (κ1) is 17.3. The molecule has 0 spiro atoms. The van der Waals surface area contributed by atoms with E-state index >= 15 is 0 Å². The standard InChI is InChI=1S/C22H24O3/c1-4-5-13-24-20-12-11-18-15(2)19(14-17-9-7-6-8-10-17)22(23)25-21(18)16(20)3/h6-12H,4-5,13-14H2,1-3H3. The minimum Gasteiger partial charge on any atom is -0.493 e. The number of rotatable bonds is 6.